The highest BCUT2D eigenvalue weighted by atomic mass is 32.1. The van der Waals surface area contributed by atoms with Crippen LogP contribution < -0.4 is 10.6 Å². The number of rotatable bonds is 6. The lowest BCUT2D eigenvalue weighted by Gasteiger charge is -2.07. The highest BCUT2D eigenvalue weighted by Gasteiger charge is 2.15. The molecule has 0 aromatic carbocycles. The first-order valence-corrected chi connectivity index (χ1v) is 8.21. The quantitative estimate of drug-likeness (QED) is 0.722. The molecular weight excluding hydrogens is 326 g/mol. The van der Waals surface area contributed by atoms with Gasteiger partial charge in [-0.05, 0) is 35.7 Å². The van der Waals surface area contributed by atoms with Crippen molar-refractivity contribution in [2.75, 3.05) is 11.9 Å². The van der Waals surface area contributed by atoms with Crippen molar-refractivity contribution in [1.29, 1.82) is 0 Å². The van der Waals surface area contributed by atoms with Gasteiger partial charge in [0.2, 0.25) is 0 Å². The Kier molecular flexibility index (Phi) is 5.02. The van der Waals surface area contributed by atoms with Crippen LogP contribution in [-0.4, -0.2) is 23.3 Å². The van der Waals surface area contributed by atoms with Crippen molar-refractivity contribution < 1.29 is 14.0 Å². The molecule has 0 aliphatic carbocycles. The molecule has 0 aliphatic heterocycles. The minimum atomic E-state index is -0.277. The number of aromatic nitrogens is 1. The van der Waals surface area contributed by atoms with Crippen molar-refractivity contribution in [3.63, 3.8) is 0 Å². The average Bonchev–Trinajstić information content (AvgIpc) is 3.27. The maximum atomic E-state index is 12.3. The van der Waals surface area contributed by atoms with E-state index in [9.17, 15) is 9.59 Å². The Morgan fingerprint density at radius 2 is 1.96 bits per heavy atom. The number of furan rings is 1. The molecule has 24 heavy (non-hydrogen) atoms. The average molecular weight is 341 g/mol. The summed E-state index contributed by atoms with van der Waals surface area (Å²) in [5, 5.41) is 7.35. The van der Waals surface area contributed by atoms with Crippen LogP contribution in [-0.2, 0) is 6.42 Å². The van der Waals surface area contributed by atoms with E-state index in [4.69, 9.17) is 4.42 Å². The van der Waals surface area contributed by atoms with Crippen molar-refractivity contribution in [3.05, 3.63) is 70.6 Å². The van der Waals surface area contributed by atoms with E-state index in [1.807, 2.05) is 12.1 Å². The van der Waals surface area contributed by atoms with E-state index in [-0.39, 0.29) is 11.8 Å². The lowest BCUT2D eigenvalue weighted by molar-refractivity contribution is 0.0958. The third kappa shape index (κ3) is 3.88. The van der Waals surface area contributed by atoms with E-state index >= 15 is 0 Å². The van der Waals surface area contributed by atoms with Gasteiger partial charge in [0, 0.05) is 30.9 Å². The summed E-state index contributed by atoms with van der Waals surface area (Å²) in [6.07, 6.45) is 5.31. The molecule has 2 N–H and O–H groups in total. The fraction of sp³-hybridized carbons (Fsp3) is 0.118. The Bertz CT molecular complexity index is 813. The molecule has 0 fully saturated rings. The van der Waals surface area contributed by atoms with Crippen molar-refractivity contribution in [3.8, 4) is 0 Å². The Hall–Kier alpha value is -2.93. The van der Waals surface area contributed by atoms with Crippen molar-refractivity contribution in [2.24, 2.45) is 0 Å². The predicted octanol–water partition coefficient (Wildman–Crippen LogP) is 2.96. The van der Waals surface area contributed by atoms with Crippen LogP contribution in [0.25, 0.3) is 0 Å². The summed E-state index contributed by atoms with van der Waals surface area (Å²) >= 11 is 1.28. The Morgan fingerprint density at radius 1 is 1.12 bits per heavy atom. The molecule has 0 spiro atoms. The normalized spacial score (nSPS) is 10.3. The van der Waals surface area contributed by atoms with Crippen LogP contribution in [0, 0.1) is 0 Å². The van der Waals surface area contributed by atoms with Crippen LogP contribution in [0.5, 0.6) is 0 Å². The Morgan fingerprint density at radius 3 is 2.71 bits per heavy atom. The number of hydrogen-bond acceptors (Lipinski definition) is 5. The van der Waals surface area contributed by atoms with Gasteiger partial charge in [0.05, 0.1) is 12.0 Å². The zero-order valence-corrected chi connectivity index (χ0v) is 13.5. The summed E-state index contributed by atoms with van der Waals surface area (Å²) in [6, 6.07) is 8.61. The maximum absolute atomic E-state index is 12.3. The highest BCUT2D eigenvalue weighted by Crippen LogP contribution is 2.22. The second-order valence-electron chi connectivity index (χ2n) is 4.94. The fourth-order valence-corrected chi connectivity index (χ4v) is 2.88. The lowest BCUT2D eigenvalue weighted by Crippen LogP contribution is -2.26. The first-order chi connectivity index (χ1) is 11.7. The molecule has 3 heterocycles. The SMILES string of the molecule is O=C(Nc1ccsc1C(=O)NCCc1ccco1)c1ccncc1. The number of nitrogens with one attached hydrogen (secondary N) is 2. The number of nitrogens with zero attached hydrogens (tertiary/aromatic N) is 1. The molecule has 0 aliphatic rings. The van der Waals surface area contributed by atoms with E-state index in [1.165, 1.54) is 11.3 Å². The molecule has 3 rings (SSSR count). The molecule has 0 bridgehead atoms. The largest absolute Gasteiger partial charge is 0.469 e. The van der Waals surface area contributed by atoms with Crippen LogP contribution in [0.4, 0.5) is 5.69 Å². The highest BCUT2D eigenvalue weighted by molar-refractivity contribution is 7.12. The van der Waals surface area contributed by atoms with E-state index < -0.39 is 0 Å². The van der Waals surface area contributed by atoms with Crippen LogP contribution in [0.1, 0.15) is 25.8 Å². The molecule has 3 aromatic heterocycles. The minimum absolute atomic E-state index is 0.221. The van der Waals surface area contributed by atoms with Crippen LogP contribution in [0.15, 0.2) is 58.8 Å². The molecular formula is C17H15N3O3S. The number of carbonyl (C=O) groups excluding carboxylic acids is 2. The molecule has 0 saturated carbocycles. The summed E-state index contributed by atoms with van der Waals surface area (Å²) in [5.74, 6) is 0.315. The third-order valence-electron chi connectivity index (χ3n) is 3.30. The summed E-state index contributed by atoms with van der Waals surface area (Å²) in [4.78, 5) is 28.8. The van der Waals surface area contributed by atoms with Gasteiger partial charge in [-0.3, -0.25) is 14.6 Å². The molecule has 7 heteroatoms. The van der Waals surface area contributed by atoms with Crippen LogP contribution >= 0.6 is 11.3 Å². The first kappa shape index (κ1) is 15.9. The molecule has 0 unspecified atom stereocenters. The Balaban J connectivity index is 1.60. The third-order valence-corrected chi connectivity index (χ3v) is 4.21. The van der Waals surface area contributed by atoms with E-state index in [0.717, 1.165) is 5.76 Å². The predicted molar refractivity (Wildman–Crippen MR) is 91.3 cm³/mol. The van der Waals surface area contributed by atoms with Gasteiger partial charge in [-0.2, -0.15) is 0 Å². The fourth-order valence-electron chi connectivity index (χ4n) is 2.12. The molecule has 2 amide bonds. The van der Waals surface area contributed by atoms with Gasteiger partial charge in [-0.15, -0.1) is 11.3 Å². The van der Waals surface area contributed by atoms with Crippen molar-refractivity contribution in [2.45, 2.75) is 6.42 Å². The summed E-state index contributed by atoms with van der Waals surface area (Å²) < 4.78 is 5.22. The van der Waals surface area contributed by atoms with Gasteiger partial charge in [-0.1, -0.05) is 0 Å². The van der Waals surface area contributed by atoms with Gasteiger partial charge in [0.25, 0.3) is 11.8 Å². The topological polar surface area (TPSA) is 84.2 Å². The lowest BCUT2D eigenvalue weighted by atomic mass is 10.2. The number of anilines is 1. The number of hydrogen-bond donors (Lipinski definition) is 2. The molecule has 0 saturated heterocycles. The molecule has 0 radical (unpaired) electrons. The van der Waals surface area contributed by atoms with Crippen molar-refractivity contribution >= 4 is 28.8 Å². The van der Waals surface area contributed by atoms with Crippen molar-refractivity contribution in [1.82, 2.24) is 10.3 Å². The van der Waals surface area contributed by atoms with Crippen LogP contribution in [0.3, 0.4) is 0 Å². The maximum Gasteiger partial charge on any atom is 0.263 e. The second kappa shape index (κ2) is 7.56. The molecule has 3 aromatic rings. The van der Waals surface area contributed by atoms with Gasteiger partial charge in [-0.25, -0.2) is 0 Å². The smallest absolute Gasteiger partial charge is 0.263 e. The number of amides is 2. The first-order valence-electron chi connectivity index (χ1n) is 7.33. The number of carbonyl (C=O) groups is 2. The minimum Gasteiger partial charge on any atom is -0.469 e. The van der Waals surface area contributed by atoms with E-state index in [2.05, 4.69) is 15.6 Å². The monoisotopic (exact) mass is 341 g/mol. The number of thiophene rings is 1. The van der Waals surface area contributed by atoms with Gasteiger partial charge in [0.15, 0.2) is 0 Å². The van der Waals surface area contributed by atoms with E-state index in [1.54, 1.807) is 42.2 Å². The van der Waals surface area contributed by atoms with Gasteiger partial charge < -0.3 is 15.1 Å². The second-order valence-corrected chi connectivity index (χ2v) is 5.85. The molecule has 122 valence electrons. The van der Waals surface area contributed by atoms with Gasteiger partial charge in [0.1, 0.15) is 10.6 Å². The zero-order valence-electron chi connectivity index (χ0n) is 12.7. The zero-order chi connectivity index (χ0) is 16.8. The summed E-state index contributed by atoms with van der Waals surface area (Å²) in [7, 11) is 0. The molecule has 0 atom stereocenters. The Labute approximate surface area is 142 Å². The van der Waals surface area contributed by atoms with Gasteiger partial charge >= 0.3 is 0 Å². The summed E-state index contributed by atoms with van der Waals surface area (Å²) in [6.45, 7) is 0.460. The molecule has 6 nitrogen and oxygen atoms in total. The van der Waals surface area contributed by atoms with E-state index in [0.29, 0.717) is 29.1 Å². The van der Waals surface area contributed by atoms with Crippen LogP contribution in [0.2, 0.25) is 0 Å². The number of pyridine rings is 1. The summed E-state index contributed by atoms with van der Waals surface area (Å²) in [5.41, 5.74) is 0.984. The standard InChI is InChI=1S/C17H15N3O3S/c21-16(12-3-7-18-8-4-12)20-14-6-11-24-15(14)17(22)19-9-5-13-2-1-10-23-13/h1-4,6-8,10-11H,5,9H2,(H,19,22)(H,20,21).